The van der Waals surface area contributed by atoms with E-state index in [0.717, 1.165) is 28.0 Å². The third kappa shape index (κ3) is 3.36. The molecule has 3 aromatic rings. The summed E-state index contributed by atoms with van der Waals surface area (Å²) in [5.41, 5.74) is 6.09. The fourth-order valence-corrected chi connectivity index (χ4v) is 4.38. The first kappa shape index (κ1) is 17.8. The predicted octanol–water partition coefficient (Wildman–Crippen LogP) is 4.58. The van der Waals surface area contributed by atoms with Crippen molar-refractivity contribution in [3.63, 3.8) is 0 Å². The summed E-state index contributed by atoms with van der Waals surface area (Å²) in [6.07, 6.45) is 7.01. The number of imidazole rings is 1. The van der Waals surface area contributed by atoms with Crippen LogP contribution in [0.3, 0.4) is 0 Å². The third-order valence-electron chi connectivity index (χ3n) is 5.94. The Morgan fingerprint density at radius 3 is 2.52 bits per heavy atom. The molecule has 1 aliphatic carbocycles. The van der Waals surface area contributed by atoms with Gasteiger partial charge in [-0.05, 0) is 48.1 Å². The lowest BCUT2D eigenvalue weighted by molar-refractivity contribution is 0.280. The van der Waals surface area contributed by atoms with Crippen LogP contribution < -0.4 is 0 Å². The highest BCUT2D eigenvalue weighted by atomic mass is 16.3. The monoisotopic (exact) mass is 359 g/mol. The zero-order valence-corrected chi connectivity index (χ0v) is 15.8. The van der Waals surface area contributed by atoms with Gasteiger partial charge in [0.1, 0.15) is 5.82 Å². The number of hydrogen-bond acceptors (Lipinski definition) is 3. The molecule has 4 nitrogen and oxygen atoms in total. The van der Waals surface area contributed by atoms with Gasteiger partial charge >= 0.3 is 0 Å². The molecule has 1 N–H and O–H groups in total. The van der Waals surface area contributed by atoms with Gasteiger partial charge in [-0.1, -0.05) is 37.5 Å². The summed E-state index contributed by atoms with van der Waals surface area (Å²) in [7, 11) is 2.04. The van der Waals surface area contributed by atoms with E-state index in [-0.39, 0.29) is 6.61 Å². The largest absolute Gasteiger partial charge is 0.392 e. The molecule has 27 heavy (non-hydrogen) atoms. The Bertz CT molecular complexity index is 989. The highest BCUT2D eigenvalue weighted by molar-refractivity contribution is 5.81. The van der Waals surface area contributed by atoms with Gasteiger partial charge in [0.2, 0.25) is 0 Å². The number of aryl methyl sites for hydroxylation is 1. The Morgan fingerprint density at radius 1 is 1.11 bits per heavy atom. The van der Waals surface area contributed by atoms with E-state index in [2.05, 4.69) is 22.8 Å². The minimum absolute atomic E-state index is 0.0382. The molecular formula is C23H25N3O. The molecule has 138 valence electrons. The fourth-order valence-electron chi connectivity index (χ4n) is 4.38. The lowest BCUT2D eigenvalue weighted by atomic mass is 9.82. The minimum Gasteiger partial charge on any atom is -0.392 e. The second kappa shape index (κ2) is 7.54. The van der Waals surface area contributed by atoms with Crippen molar-refractivity contribution < 1.29 is 5.11 Å². The molecule has 1 fully saturated rings. The van der Waals surface area contributed by atoms with Crippen molar-refractivity contribution in [2.24, 2.45) is 7.05 Å². The molecule has 1 aromatic heterocycles. The number of aliphatic hydroxyl groups excluding tert-OH is 1. The molecule has 0 bridgehead atoms. The Morgan fingerprint density at radius 2 is 1.85 bits per heavy atom. The first-order valence-electron chi connectivity index (χ1n) is 9.78. The van der Waals surface area contributed by atoms with Crippen LogP contribution in [0.15, 0.2) is 36.4 Å². The number of rotatable bonds is 4. The molecule has 4 rings (SSSR count). The summed E-state index contributed by atoms with van der Waals surface area (Å²) in [6, 6.07) is 14.2. The van der Waals surface area contributed by atoms with Gasteiger partial charge in [0.25, 0.3) is 0 Å². The minimum atomic E-state index is 0.0382. The highest BCUT2D eigenvalue weighted by Crippen LogP contribution is 2.37. The number of fused-ring (bicyclic) bond motifs is 1. The summed E-state index contributed by atoms with van der Waals surface area (Å²) in [4.78, 5) is 4.91. The van der Waals surface area contributed by atoms with Gasteiger partial charge in [0.05, 0.1) is 29.3 Å². The molecule has 0 atom stereocenters. The van der Waals surface area contributed by atoms with Crippen molar-refractivity contribution in [1.29, 1.82) is 5.26 Å². The normalized spacial score (nSPS) is 15.1. The second-order valence-electron chi connectivity index (χ2n) is 7.57. The molecule has 1 heterocycles. The molecular weight excluding hydrogens is 334 g/mol. The van der Waals surface area contributed by atoms with E-state index in [1.54, 1.807) is 0 Å². The molecule has 0 aliphatic heterocycles. The predicted molar refractivity (Wildman–Crippen MR) is 106 cm³/mol. The number of benzene rings is 2. The van der Waals surface area contributed by atoms with Crippen LogP contribution >= 0.6 is 0 Å². The highest BCUT2D eigenvalue weighted by Gasteiger charge is 2.22. The maximum atomic E-state index is 10.1. The molecule has 0 saturated heterocycles. The molecule has 4 heteroatoms. The standard InChI is InChI=1S/C23H25N3O/c1-26-21-12-11-19(18-5-3-2-4-6-18)20(15-27)23(21)25-22(26)13-16-7-9-17(14-24)10-8-16/h7-12,18,27H,2-6,13,15H2,1H3. The number of aromatic nitrogens is 2. The summed E-state index contributed by atoms with van der Waals surface area (Å²) >= 11 is 0. The van der Waals surface area contributed by atoms with Crippen molar-refractivity contribution in [3.05, 3.63) is 64.5 Å². The van der Waals surface area contributed by atoms with Crippen LogP contribution in [0.1, 0.15) is 66.1 Å². The quantitative estimate of drug-likeness (QED) is 0.742. The van der Waals surface area contributed by atoms with Gasteiger partial charge in [-0.15, -0.1) is 0 Å². The van der Waals surface area contributed by atoms with Gasteiger partial charge in [0.15, 0.2) is 0 Å². The topological polar surface area (TPSA) is 61.8 Å². The lowest BCUT2D eigenvalue weighted by Gasteiger charge is -2.24. The van der Waals surface area contributed by atoms with Crippen molar-refractivity contribution >= 4 is 11.0 Å². The second-order valence-corrected chi connectivity index (χ2v) is 7.57. The summed E-state index contributed by atoms with van der Waals surface area (Å²) < 4.78 is 2.12. The van der Waals surface area contributed by atoms with Crippen molar-refractivity contribution in [2.45, 2.75) is 51.0 Å². The lowest BCUT2D eigenvalue weighted by Crippen LogP contribution is -2.08. The van der Waals surface area contributed by atoms with Gasteiger partial charge < -0.3 is 9.67 Å². The summed E-state index contributed by atoms with van der Waals surface area (Å²) in [5, 5.41) is 19.1. The van der Waals surface area contributed by atoms with Crippen LogP contribution in [0.5, 0.6) is 0 Å². The summed E-state index contributed by atoms with van der Waals surface area (Å²) in [5.74, 6) is 1.53. The average Bonchev–Trinajstić information content (AvgIpc) is 3.04. The van der Waals surface area contributed by atoms with Gasteiger partial charge in [-0.2, -0.15) is 5.26 Å². The Kier molecular flexibility index (Phi) is 4.96. The van der Waals surface area contributed by atoms with Crippen molar-refractivity contribution in [1.82, 2.24) is 9.55 Å². The number of aliphatic hydroxyl groups is 1. The molecule has 0 radical (unpaired) electrons. The SMILES string of the molecule is Cn1c(Cc2ccc(C#N)cc2)nc2c(CO)c(C3CCCCC3)ccc21. The van der Waals surface area contributed by atoms with Crippen LogP contribution in [-0.4, -0.2) is 14.7 Å². The van der Waals surface area contributed by atoms with Crippen LogP contribution in [-0.2, 0) is 20.1 Å². The first-order chi connectivity index (χ1) is 13.2. The third-order valence-corrected chi connectivity index (χ3v) is 5.94. The van der Waals surface area contributed by atoms with E-state index < -0.39 is 0 Å². The fraction of sp³-hybridized carbons (Fsp3) is 0.391. The van der Waals surface area contributed by atoms with E-state index >= 15 is 0 Å². The van der Waals surface area contributed by atoms with Crippen LogP contribution in [0.4, 0.5) is 0 Å². The van der Waals surface area contributed by atoms with Crippen molar-refractivity contribution in [3.8, 4) is 6.07 Å². The maximum absolute atomic E-state index is 10.1. The smallest absolute Gasteiger partial charge is 0.114 e. The Labute approximate surface area is 160 Å². The molecule has 0 unspecified atom stereocenters. The van der Waals surface area contributed by atoms with E-state index in [1.807, 2.05) is 31.3 Å². The zero-order chi connectivity index (χ0) is 18.8. The average molecular weight is 359 g/mol. The molecule has 1 saturated carbocycles. The van der Waals surface area contributed by atoms with E-state index in [0.29, 0.717) is 17.9 Å². The first-order valence-corrected chi connectivity index (χ1v) is 9.78. The number of hydrogen-bond donors (Lipinski definition) is 1. The van der Waals surface area contributed by atoms with Crippen LogP contribution in [0.2, 0.25) is 0 Å². The molecule has 0 spiro atoms. The Hall–Kier alpha value is -2.64. The summed E-state index contributed by atoms with van der Waals surface area (Å²) in [6.45, 7) is 0.0382. The number of nitriles is 1. The van der Waals surface area contributed by atoms with Gasteiger partial charge in [-0.3, -0.25) is 0 Å². The van der Waals surface area contributed by atoms with Crippen LogP contribution in [0, 0.1) is 11.3 Å². The van der Waals surface area contributed by atoms with E-state index in [4.69, 9.17) is 10.2 Å². The molecule has 1 aliphatic rings. The van der Waals surface area contributed by atoms with E-state index in [1.165, 1.54) is 37.7 Å². The maximum Gasteiger partial charge on any atom is 0.114 e. The Balaban J connectivity index is 1.72. The van der Waals surface area contributed by atoms with Gasteiger partial charge in [-0.25, -0.2) is 4.98 Å². The van der Waals surface area contributed by atoms with Gasteiger partial charge in [0, 0.05) is 19.0 Å². The molecule has 0 amide bonds. The van der Waals surface area contributed by atoms with E-state index in [9.17, 15) is 5.11 Å². The molecule has 2 aromatic carbocycles. The zero-order valence-electron chi connectivity index (χ0n) is 15.8. The van der Waals surface area contributed by atoms with Crippen molar-refractivity contribution in [2.75, 3.05) is 0 Å². The van der Waals surface area contributed by atoms with Crippen LogP contribution in [0.25, 0.3) is 11.0 Å². The number of nitrogens with zero attached hydrogens (tertiary/aromatic N) is 3.